The molecule has 7 nitrogen and oxygen atoms in total. The lowest BCUT2D eigenvalue weighted by atomic mass is 9.65. The van der Waals surface area contributed by atoms with Crippen molar-refractivity contribution in [1.29, 1.82) is 5.26 Å². The number of carbonyl (C=O) groups is 3. The van der Waals surface area contributed by atoms with E-state index in [4.69, 9.17) is 19.5 Å². The Morgan fingerprint density at radius 1 is 1.27 bits per heavy atom. The predicted molar refractivity (Wildman–Crippen MR) is 123 cm³/mol. The zero-order valence-electron chi connectivity index (χ0n) is 20.6. The number of ether oxygens (including phenoxy) is 3. The lowest BCUT2D eigenvalue weighted by molar-refractivity contribution is -0.166. The maximum atomic E-state index is 12.9. The van der Waals surface area contributed by atoms with Crippen LogP contribution in [0.4, 0.5) is 4.79 Å². The largest absolute Gasteiger partial charge is 0.516 e. The van der Waals surface area contributed by atoms with E-state index in [9.17, 15) is 14.4 Å². The summed E-state index contributed by atoms with van der Waals surface area (Å²) in [5.74, 6) is -1.46. The molecule has 0 aliphatic heterocycles. The average molecular weight is 460 g/mol. The van der Waals surface area contributed by atoms with Crippen molar-refractivity contribution in [1.82, 2.24) is 0 Å². The summed E-state index contributed by atoms with van der Waals surface area (Å²) in [6.45, 7) is 11.6. The minimum atomic E-state index is -1.02. The van der Waals surface area contributed by atoms with Gasteiger partial charge in [-0.15, -0.1) is 0 Å². The molecule has 0 amide bonds. The zero-order chi connectivity index (χ0) is 24.8. The standard InChI is InChI=1S/C26H37NO6/c1-7-26(5,6)24(29)32-21-14-19(23(28)33-25(30)31-15-16(2)3)13-18-11-10-17(4)20(22(18)21)9-8-12-27/h10-11,13,16-17,19-22H,7-9,14-15H2,1-6H3/t17?,19?,20?,21?,22-/m0/s1. The first-order chi connectivity index (χ1) is 15.5. The molecule has 33 heavy (non-hydrogen) atoms. The molecule has 0 spiro atoms. The van der Waals surface area contributed by atoms with E-state index in [1.54, 1.807) is 6.08 Å². The van der Waals surface area contributed by atoms with Gasteiger partial charge in [-0.25, -0.2) is 4.79 Å². The van der Waals surface area contributed by atoms with Crippen LogP contribution in [0.2, 0.25) is 0 Å². The highest BCUT2D eigenvalue weighted by atomic mass is 16.7. The number of hydrogen-bond acceptors (Lipinski definition) is 7. The van der Waals surface area contributed by atoms with Crippen LogP contribution in [0.25, 0.3) is 0 Å². The molecular formula is C26H37NO6. The van der Waals surface area contributed by atoms with Gasteiger partial charge >= 0.3 is 18.1 Å². The first-order valence-corrected chi connectivity index (χ1v) is 11.9. The maximum absolute atomic E-state index is 12.9. The van der Waals surface area contributed by atoms with Crippen LogP contribution < -0.4 is 0 Å². The van der Waals surface area contributed by atoms with Crippen LogP contribution in [0.5, 0.6) is 0 Å². The summed E-state index contributed by atoms with van der Waals surface area (Å²) < 4.78 is 15.9. The van der Waals surface area contributed by atoms with Crippen LogP contribution in [-0.4, -0.2) is 30.8 Å². The maximum Gasteiger partial charge on any atom is 0.516 e. The summed E-state index contributed by atoms with van der Waals surface area (Å²) in [6.07, 6.45) is 6.17. The Balaban J connectivity index is 2.30. The van der Waals surface area contributed by atoms with E-state index < -0.39 is 29.6 Å². The number of carbonyl (C=O) groups excluding carboxylic acids is 3. The van der Waals surface area contributed by atoms with Crippen LogP contribution >= 0.6 is 0 Å². The molecule has 0 radical (unpaired) electrons. The molecule has 0 saturated carbocycles. The Morgan fingerprint density at radius 2 is 1.97 bits per heavy atom. The van der Waals surface area contributed by atoms with Crippen LogP contribution in [0.3, 0.4) is 0 Å². The van der Waals surface area contributed by atoms with Crippen molar-refractivity contribution in [3.05, 3.63) is 23.8 Å². The molecule has 2 aliphatic carbocycles. The Bertz CT molecular complexity index is 834. The molecule has 0 N–H and O–H groups in total. The van der Waals surface area contributed by atoms with E-state index in [1.165, 1.54) is 0 Å². The predicted octanol–water partition coefficient (Wildman–Crippen LogP) is 5.36. The van der Waals surface area contributed by atoms with Gasteiger partial charge in [0, 0.05) is 18.8 Å². The molecule has 182 valence electrons. The van der Waals surface area contributed by atoms with Crippen LogP contribution in [-0.2, 0) is 23.8 Å². The second-order valence-corrected chi connectivity index (χ2v) is 10.2. The smallest absolute Gasteiger partial charge is 0.461 e. The highest BCUT2D eigenvalue weighted by Gasteiger charge is 2.45. The molecule has 0 aromatic heterocycles. The van der Waals surface area contributed by atoms with Crippen molar-refractivity contribution >= 4 is 18.1 Å². The van der Waals surface area contributed by atoms with Crippen LogP contribution in [0, 0.1) is 46.3 Å². The third kappa shape index (κ3) is 6.93. The van der Waals surface area contributed by atoms with Gasteiger partial charge in [-0.05, 0) is 50.0 Å². The zero-order valence-corrected chi connectivity index (χ0v) is 20.6. The molecule has 7 heteroatoms. The van der Waals surface area contributed by atoms with Gasteiger partial charge in [-0.2, -0.15) is 5.26 Å². The molecule has 2 rings (SSSR count). The van der Waals surface area contributed by atoms with E-state index >= 15 is 0 Å². The van der Waals surface area contributed by atoms with Crippen molar-refractivity contribution in [2.45, 2.75) is 73.3 Å². The fraction of sp³-hybridized carbons (Fsp3) is 0.692. The summed E-state index contributed by atoms with van der Waals surface area (Å²) in [6, 6.07) is 2.21. The summed E-state index contributed by atoms with van der Waals surface area (Å²) in [7, 11) is 0. The monoisotopic (exact) mass is 459 g/mol. The van der Waals surface area contributed by atoms with Crippen molar-refractivity contribution in [3.63, 3.8) is 0 Å². The fourth-order valence-electron chi connectivity index (χ4n) is 4.27. The van der Waals surface area contributed by atoms with E-state index in [1.807, 2.05) is 40.7 Å². The molecule has 0 aromatic carbocycles. The Kier molecular flexibility index (Phi) is 9.27. The molecule has 0 bridgehead atoms. The van der Waals surface area contributed by atoms with Crippen LogP contribution in [0.15, 0.2) is 23.8 Å². The molecule has 0 aromatic rings. The molecule has 0 heterocycles. The van der Waals surface area contributed by atoms with Gasteiger partial charge in [-0.3, -0.25) is 9.59 Å². The van der Waals surface area contributed by atoms with Gasteiger partial charge in [-0.1, -0.05) is 45.9 Å². The van der Waals surface area contributed by atoms with Gasteiger partial charge in [0.2, 0.25) is 0 Å². The summed E-state index contributed by atoms with van der Waals surface area (Å²) >= 11 is 0. The lowest BCUT2D eigenvalue weighted by Gasteiger charge is -2.43. The van der Waals surface area contributed by atoms with Gasteiger partial charge < -0.3 is 14.2 Å². The Labute approximate surface area is 197 Å². The van der Waals surface area contributed by atoms with Gasteiger partial charge in [0.05, 0.1) is 24.0 Å². The van der Waals surface area contributed by atoms with Gasteiger partial charge in [0.25, 0.3) is 0 Å². The molecule has 0 saturated heterocycles. The molecule has 5 atom stereocenters. The fourth-order valence-corrected chi connectivity index (χ4v) is 4.27. The third-order valence-electron chi connectivity index (χ3n) is 6.70. The molecule has 0 fully saturated rings. The second-order valence-electron chi connectivity index (χ2n) is 10.2. The van der Waals surface area contributed by atoms with Crippen molar-refractivity contribution in [2.75, 3.05) is 6.61 Å². The van der Waals surface area contributed by atoms with Crippen molar-refractivity contribution < 1.29 is 28.6 Å². The van der Waals surface area contributed by atoms with Crippen LogP contribution in [0.1, 0.15) is 67.2 Å². The number of allylic oxidation sites excluding steroid dienone is 2. The number of hydrogen-bond donors (Lipinski definition) is 0. The van der Waals surface area contributed by atoms with Crippen molar-refractivity contribution in [2.24, 2.45) is 35.0 Å². The highest BCUT2D eigenvalue weighted by molar-refractivity contribution is 5.85. The summed E-state index contributed by atoms with van der Waals surface area (Å²) in [5, 5.41) is 9.13. The number of fused-ring (bicyclic) bond motifs is 1. The second kappa shape index (κ2) is 11.5. The summed E-state index contributed by atoms with van der Waals surface area (Å²) in [5.41, 5.74) is 0.225. The first kappa shape index (κ1) is 26.6. The van der Waals surface area contributed by atoms with E-state index in [-0.39, 0.29) is 42.7 Å². The number of nitrogens with zero attached hydrogens (tertiary/aromatic N) is 1. The summed E-state index contributed by atoms with van der Waals surface area (Å²) in [4.78, 5) is 37.6. The first-order valence-electron chi connectivity index (χ1n) is 11.9. The third-order valence-corrected chi connectivity index (χ3v) is 6.70. The number of rotatable bonds is 8. The van der Waals surface area contributed by atoms with Gasteiger partial charge in [0.1, 0.15) is 6.10 Å². The lowest BCUT2D eigenvalue weighted by Crippen LogP contribution is -2.44. The normalized spacial score (nSPS) is 26.6. The molecule has 4 unspecified atom stereocenters. The minimum Gasteiger partial charge on any atom is -0.461 e. The Morgan fingerprint density at radius 3 is 2.58 bits per heavy atom. The SMILES string of the molecule is CCC(C)(C)C(=O)OC1CC(C(=O)OC(=O)OCC(C)C)C=C2C=CC(C)C(CCC#N)[C@H]21. The minimum absolute atomic E-state index is 0.108. The quantitative estimate of drug-likeness (QED) is 0.356. The van der Waals surface area contributed by atoms with Gasteiger partial charge in [0.15, 0.2) is 0 Å². The average Bonchev–Trinajstić information content (AvgIpc) is 2.76. The number of esters is 2. The Hall–Kier alpha value is -2.62. The van der Waals surface area contributed by atoms with Crippen molar-refractivity contribution in [3.8, 4) is 6.07 Å². The molecular weight excluding hydrogens is 422 g/mol. The van der Waals surface area contributed by atoms with E-state index in [0.29, 0.717) is 19.3 Å². The van der Waals surface area contributed by atoms with E-state index in [2.05, 4.69) is 19.1 Å². The molecule has 2 aliphatic rings. The topological polar surface area (TPSA) is 103 Å². The number of nitriles is 1. The van der Waals surface area contributed by atoms with E-state index in [0.717, 1.165) is 5.57 Å². The highest BCUT2D eigenvalue weighted by Crippen LogP contribution is 2.45.